The summed E-state index contributed by atoms with van der Waals surface area (Å²) >= 11 is 0. The van der Waals surface area contributed by atoms with Crippen LogP contribution in [0.4, 0.5) is 5.69 Å². The fraction of sp³-hybridized carbons (Fsp3) is 0.529. The summed E-state index contributed by atoms with van der Waals surface area (Å²) in [7, 11) is 0. The van der Waals surface area contributed by atoms with Crippen molar-refractivity contribution < 1.29 is 9.59 Å². The minimum atomic E-state index is -0.265. The Balaban J connectivity index is 0.00000264. The topological polar surface area (TPSA) is 70.2 Å². The summed E-state index contributed by atoms with van der Waals surface area (Å²) < 4.78 is 0. The number of halogens is 1. The third-order valence-corrected chi connectivity index (χ3v) is 3.61. The highest BCUT2D eigenvalue weighted by Crippen LogP contribution is 2.16. The normalized spacial score (nSPS) is 15.4. The Morgan fingerprint density at radius 2 is 1.65 bits per heavy atom. The zero-order valence-electron chi connectivity index (χ0n) is 13.9. The molecule has 0 bridgehead atoms. The average molecular weight is 340 g/mol. The number of carbonyl (C=O) groups is 2. The predicted octanol–water partition coefficient (Wildman–Crippen LogP) is 2.57. The first-order valence-electron chi connectivity index (χ1n) is 7.79. The third kappa shape index (κ3) is 6.20. The van der Waals surface area contributed by atoms with Gasteiger partial charge in [0.25, 0.3) is 5.91 Å². The lowest BCUT2D eigenvalue weighted by molar-refractivity contribution is -0.120. The molecule has 128 valence electrons. The molecule has 0 spiro atoms. The van der Waals surface area contributed by atoms with Crippen LogP contribution in [-0.2, 0) is 4.79 Å². The van der Waals surface area contributed by atoms with E-state index < -0.39 is 0 Å². The molecule has 1 aromatic carbocycles. The Hall–Kier alpha value is -1.59. The van der Waals surface area contributed by atoms with Crippen LogP contribution in [0.5, 0.6) is 0 Å². The summed E-state index contributed by atoms with van der Waals surface area (Å²) in [6.45, 7) is 7.61. The summed E-state index contributed by atoms with van der Waals surface area (Å²) in [5.74, 6) is 0.0299. The number of hydrogen-bond acceptors (Lipinski definition) is 3. The van der Waals surface area contributed by atoms with Crippen LogP contribution in [0.2, 0.25) is 0 Å². The number of amides is 2. The van der Waals surface area contributed by atoms with Crippen molar-refractivity contribution in [3.05, 3.63) is 29.8 Å². The van der Waals surface area contributed by atoms with Gasteiger partial charge in [0.15, 0.2) is 0 Å². The molecule has 1 heterocycles. The fourth-order valence-electron chi connectivity index (χ4n) is 2.45. The Labute approximate surface area is 144 Å². The highest BCUT2D eigenvalue weighted by molar-refractivity contribution is 5.96. The highest BCUT2D eigenvalue weighted by atomic mass is 35.5. The van der Waals surface area contributed by atoms with E-state index in [1.54, 1.807) is 24.3 Å². The van der Waals surface area contributed by atoms with Gasteiger partial charge in [-0.3, -0.25) is 9.59 Å². The Morgan fingerprint density at radius 1 is 1.09 bits per heavy atom. The van der Waals surface area contributed by atoms with Crippen molar-refractivity contribution in [3.63, 3.8) is 0 Å². The number of piperidine rings is 1. The van der Waals surface area contributed by atoms with Crippen LogP contribution < -0.4 is 16.0 Å². The second-order valence-electron chi connectivity index (χ2n) is 6.79. The lowest BCUT2D eigenvalue weighted by Crippen LogP contribution is -2.40. The van der Waals surface area contributed by atoms with Gasteiger partial charge in [0.05, 0.1) is 0 Å². The molecule has 1 fully saturated rings. The molecule has 1 aliphatic heterocycles. The average Bonchev–Trinajstić information content (AvgIpc) is 2.47. The summed E-state index contributed by atoms with van der Waals surface area (Å²) in [5, 5.41) is 9.09. The molecular weight excluding hydrogens is 314 g/mol. The summed E-state index contributed by atoms with van der Waals surface area (Å²) in [4.78, 5) is 24.2. The molecule has 6 heteroatoms. The van der Waals surface area contributed by atoms with Gasteiger partial charge >= 0.3 is 0 Å². The van der Waals surface area contributed by atoms with Crippen LogP contribution in [0.15, 0.2) is 24.3 Å². The molecule has 0 saturated carbocycles. The first-order chi connectivity index (χ1) is 10.3. The molecule has 3 N–H and O–H groups in total. The molecule has 0 aromatic heterocycles. The largest absolute Gasteiger partial charge is 0.347 e. The Bertz CT molecular complexity index is 532. The molecule has 0 atom stereocenters. The number of nitrogens with one attached hydrogen (secondary N) is 3. The molecule has 0 unspecified atom stereocenters. The van der Waals surface area contributed by atoms with Gasteiger partial charge in [-0.2, -0.15) is 0 Å². The first-order valence-corrected chi connectivity index (χ1v) is 7.79. The zero-order chi connectivity index (χ0) is 16.2. The van der Waals surface area contributed by atoms with Crippen molar-refractivity contribution in [2.45, 2.75) is 39.2 Å². The maximum absolute atomic E-state index is 12.2. The Morgan fingerprint density at radius 3 is 2.17 bits per heavy atom. The molecule has 2 rings (SSSR count). The molecule has 1 aromatic rings. The van der Waals surface area contributed by atoms with Gasteiger partial charge in [-0.15, -0.1) is 12.4 Å². The van der Waals surface area contributed by atoms with E-state index in [0.717, 1.165) is 31.6 Å². The molecule has 23 heavy (non-hydrogen) atoms. The third-order valence-electron chi connectivity index (χ3n) is 3.61. The summed E-state index contributed by atoms with van der Waals surface area (Å²) in [5.41, 5.74) is 1.06. The summed E-state index contributed by atoms with van der Waals surface area (Å²) in [6.07, 6.45) is 1.75. The van der Waals surface area contributed by atoms with Crippen molar-refractivity contribution in [2.75, 3.05) is 18.4 Å². The molecule has 1 saturated heterocycles. The molecule has 0 aliphatic carbocycles. The summed E-state index contributed by atoms with van der Waals surface area (Å²) in [6, 6.07) is 7.02. The van der Waals surface area contributed by atoms with E-state index in [2.05, 4.69) is 16.0 Å². The number of carbonyl (C=O) groups excluding carboxylic acids is 2. The molecule has 5 nitrogen and oxygen atoms in total. The van der Waals surface area contributed by atoms with E-state index in [1.807, 2.05) is 20.8 Å². The minimum absolute atomic E-state index is 0. The lowest BCUT2D eigenvalue weighted by atomic mass is 9.97. The van der Waals surface area contributed by atoms with Gasteiger partial charge in [-0.05, 0) is 71.0 Å². The van der Waals surface area contributed by atoms with Gasteiger partial charge in [0.1, 0.15) is 0 Å². The molecule has 2 amide bonds. The quantitative estimate of drug-likeness (QED) is 0.792. The standard InChI is InChI=1S/C17H25N3O2.ClH/c1-17(2,3)20-16(22)12-4-6-14(7-5-12)19-15(21)13-8-10-18-11-9-13;/h4-7,13,18H,8-11H2,1-3H3,(H,19,21)(H,20,22);1H. The van der Waals surface area contributed by atoms with Crippen LogP contribution in [0.1, 0.15) is 44.0 Å². The number of rotatable bonds is 3. The van der Waals surface area contributed by atoms with Gasteiger partial charge in [-0.1, -0.05) is 0 Å². The van der Waals surface area contributed by atoms with E-state index in [4.69, 9.17) is 0 Å². The maximum Gasteiger partial charge on any atom is 0.251 e. The smallest absolute Gasteiger partial charge is 0.251 e. The van der Waals surface area contributed by atoms with E-state index in [0.29, 0.717) is 5.56 Å². The van der Waals surface area contributed by atoms with E-state index >= 15 is 0 Å². The number of anilines is 1. The minimum Gasteiger partial charge on any atom is -0.347 e. The second-order valence-corrected chi connectivity index (χ2v) is 6.79. The van der Waals surface area contributed by atoms with E-state index in [9.17, 15) is 9.59 Å². The van der Waals surface area contributed by atoms with Crippen molar-refractivity contribution in [2.24, 2.45) is 5.92 Å². The predicted molar refractivity (Wildman–Crippen MR) is 95.1 cm³/mol. The SMILES string of the molecule is CC(C)(C)NC(=O)c1ccc(NC(=O)C2CCNCC2)cc1.Cl. The van der Waals surface area contributed by atoms with Crippen molar-refractivity contribution in [3.8, 4) is 0 Å². The monoisotopic (exact) mass is 339 g/mol. The molecule has 0 radical (unpaired) electrons. The number of benzene rings is 1. The van der Waals surface area contributed by atoms with Crippen molar-refractivity contribution in [1.82, 2.24) is 10.6 Å². The van der Waals surface area contributed by atoms with E-state index in [1.165, 1.54) is 0 Å². The molecular formula is C17H26ClN3O2. The molecule has 1 aliphatic rings. The van der Waals surface area contributed by atoms with Crippen LogP contribution in [0, 0.1) is 5.92 Å². The van der Waals surface area contributed by atoms with Crippen LogP contribution in [-0.4, -0.2) is 30.4 Å². The van der Waals surface area contributed by atoms with Gasteiger partial charge in [0, 0.05) is 22.7 Å². The highest BCUT2D eigenvalue weighted by Gasteiger charge is 2.21. The second kappa shape index (κ2) is 8.31. The number of hydrogen-bond donors (Lipinski definition) is 3. The maximum atomic E-state index is 12.2. The lowest BCUT2D eigenvalue weighted by Gasteiger charge is -2.22. The van der Waals surface area contributed by atoms with Gasteiger partial charge in [0.2, 0.25) is 5.91 Å². The van der Waals surface area contributed by atoms with Gasteiger partial charge in [-0.25, -0.2) is 0 Å². The van der Waals surface area contributed by atoms with Crippen LogP contribution in [0.25, 0.3) is 0 Å². The van der Waals surface area contributed by atoms with Crippen LogP contribution >= 0.6 is 12.4 Å². The van der Waals surface area contributed by atoms with Crippen molar-refractivity contribution in [1.29, 1.82) is 0 Å². The van der Waals surface area contributed by atoms with E-state index in [-0.39, 0.29) is 35.7 Å². The zero-order valence-corrected chi connectivity index (χ0v) is 14.8. The van der Waals surface area contributed by atoms with Crippen LogP contribution in [0.3, 0.4) is 0 Å². The van der Waals surface area contributed by atoms with Crippen molar-refractivity contribution >= 4 is 29.9 Å². The first kappa shape index (κ1) is 19.5. The fourth-order valence-corrected chi connectivity index (χ4v) is 2.45. The Kier molecular flexibility index (Phi) is 7.03. The van der Waals surface area contributed by atoms with Gasteiger partial charge < -0.3 is 16.0 Å².